The summed E-state index contributed by atoms with van der Waals surface area (Å²) < 4.78 is 33.2. The monoisotopic (exact) mass is 414 g/mol. The molecule has 2 heterocycles. The molecule has 2 fully saturated rings. The van der Waals surface area contributed by atoms with Crippen LogP contribution >= 0.6 is 0 Å². The highest BCUT2D eigenvalue weighted by atomic mass is 19.3. The van der Waals surface area contributed by atoms with E-state index >= 15 is 0 Å². The van der Waals surface area contributed by atoms with Crippen molar-refractivity contribution < 1.29 is 33.0 Å². The van der Waals surface area contributed by atoms with Gasteiger partial charge in [-0.2, -0.15) is 0 Å². The number of ether oxygens (including phenoxy) is 1. The molecule has 162 valence electrons. The van der Waals surface area contributed by atoms with Crippen LogP contribution in [-0.4, -0.2) is 64.5 Å². The summed E-state index contributed by atoms with van der Waals surface area (Å²) in [5, 5.41) is 12.7. The van der Waals surface area contributed by atoms with Crippen molar-refractivity contribution in [3.05, 3.63) is 12.2 Å². The molecule has 1 saturated heterocycles. The molecule has 7 nitrogen and oxygen atoms in total. The molecule has 2 N–H and O–H groups in total. The minimum Gasteiger partial charge on any atom is -0.464 e. The predicted octanol–water partition coefficient (Wildman–Crippen LogP) is 1.54. The normalized spacial score (nSPS) is 36.1. The van der Waals surface area contributed by atoms with Crippen LogP contribution in [0.25, 0.3) is 0 Å². The van der Waals surface area contributed by atoms with Crippen LogP contribution in [0.2, 0.25) is 0 Å². The number of aliphatic hydroxyl groups is 1. The maximum absolute atomic E-state index is 14.0. The molecular weight excluding hydrogens is 386 g/mol. The van der Waals surface area contributed by atoms with Gasteiger partial charge in [0.15, 0.2) is 0 Å². The molecule has 0 spiro atoms. The van der Waals surface area contributed by atoms with E-state index in [1.54, 1.807) is 19.1 Å². The summed E-state index contributed by atoms with van der Waals surface area (Å²) in [5.41, 5.74) is -1.24. The number of hydrogen-bond donors (Lipinski definition) is 2. The van der Waals surface area contributed by atoms with Gasteiger partial charge in [-0.3, -0.25) is 9.59 Å². The zero-order chi connectivity index (χ0) is 21.2. The lowest BCUT2D eigenvalue weighted by atomic mass is 10.1. The molecule has 0 bridgehead atoms. The van der Waals surface area contributed by atoms with E-state index in [0.29, 0.717) is 6.42 Å². The Hall–Kier alpha value is -2.03. The fourth-order valence-electron chi connectivity index (χ4n) is 4.17. The molecule has 2 amide bonds. The fraction of sp³-hybridized carbons (Fsp3) is 0.750. The van der Waals surface area contributed by atoms with Gasteiger partial charge in [-0.1, -0.05) is 12.2 Å². The van der Waals surface area contributed by atoms with E-state index in [1.807, 2.05) is 0 Å². The standard InChI is InChI=1S/C20H28F2N2O5/c1-2-29-18(28)20-11-13(20)6-3-4-8-19(21,22)9-5-7-16(26)24-12-14(25)10-15(24)17(27)23-20/h3,6,13-15,25H,2,4-5,7-12H2,1H3,(H,23,27)/b6-3-/t13-,14-,15+,20-/m1/s1. The Morgan fingerprint density at radius 2 is 2.14 bits per heavy atom. The number of hydrogen-bond acceptors (Lipinski definition) is 5. The molecule has 0 aromatic heterocycles. The number of carbonyl (C=O) groups is 3. The maximum atomic E-state index is 14.0. The highest BCUT2D eigenvalue weighted by Gasteiger charge is 2.62. The number of halogens is 2. The fourth-order valence-corrected chi connectivity index (χ4v) is 4.17. The van der Waals surface area contributed by atoms with E-state index in [9.17, 15) is 28.3 Å². The van der Waals surface area contributed by atoms with Crippen molar-refractivity contribution in [2.24, 2.45) is 5.92 Å². The molecule has 3 aliphatic rings. The second kappa shape index (κ2) is 8.38. The predicted molar refractivity (Wildman–Crippen MR) is 98.9 cm³/mol. The first kappa shape index (κ1) is 21.7. The molecule has 0 unspecified atom stereocenters. The Kier molecular flexibility index (Phi) is 6.26. The summed E-state index contributed by atoms with van der Waals surface area (Å²) in [5.74, 6) is -4.78. The Balaban J connectivity index is 1.85. The number of nitrogens with one attached hydrogen (secondary N) is 1. The number of rotatable bonds is 2. The van der Waals surface area contributed by atoms with Gasteiger partial charge in [-0.25, -0.2) is 13.6 Å². The molecule has 9 heteroatoms. The lowest BCUT2D eigenvalue weighted by Gasteiger charge is -2.26. The van der Waals surface area contributed by atoms with Crippen LogP contribution in [0.3, 0.4) is 0 Å². The first-order valence-electron chi connectivity index (χ1n) is 10.2. The van der Waals surface area contributed by atoms with E-state index in [1.165, 1.54) is 4.90 Å². The molecule has 0 aromatic rings. The van der Waals surface area contributed by atoms with Gasteiger partial charge in [0.05, 0.1) is 12.7 Å². The number of nitrogens with zero attached hydrogens (tertiary/aromatic N) is 1. The zero-order valence-electron chi connectivity index (χ0n) is 16.5. The van der Waals surface area contributed by atoms with Crippen LogP contribution in [0.4, 0.5) is 8.78 Å². The minimum atomic E-state index is -2.88. The van der Waals surface area contributed by atoms with Crippen LogP contribution in [-0.2, 0) is 19.1 Å². The van der Waals surface area contributed by atoms with Gasteiger partial charge in [0, 0.05) is 38.1 Å². The summed E-state index contributed by atoms with van der Waals surface area (Å²) >= 11 is 0. The summed E-state index contributed by atoms with van der Waals surface area (Å²) in [6.45, 7) is 1.78. The second-order valence-electron chi connectivity index (χ2n) is 8.12. The Bertz CT molecular complexity index is 698. The van der Waals surface area contributed by atoms with Gasteiger partial charge in [-0.15, -0.1) is 0 Å². The smallest absolute Gasteiger partial charge is 0.332 e. The molecular formula is C20H28F2N2O5. The first-order chi connectivity index (χ1) is 13.7. The second-order valence-corrected chi connectivity index (χ2v) is 8.12. The number of aliphatic hydroxyl groups excluding tert-OH is 1. The highest BCUT2D eigenvalue weighted by molar-refractivity contribution is 5.95. The molecule has 2 aliphatic heterocycles. The summed E-state index contributed by atoms with van der Waals surface area (Å²) in [6.07, 6.45) is 2.07. The number of fused-ring (bicyclic) bond motifs is 2. The van der Waals surface area contributed by atoms with Gasteiger partial charge in [0.2, 0.25) is 17.7 Å². The SMILES string of the molecule is CCOC(=O)[C@@]12C[C@H]1/C=C\CCC(F)(F)CCCC(=O)N1C[C@H](O)C[C@H]1C(=O)N2. The Morgan fingerprint density at radius 3 is 2.86 bits per heavy atom. The van der Waals surface area contributed by atoms with Crippen LogP contribution in [0, 0.1) is 5.92 Å². The van der Waals surface area contributed by atoms with Gasteiger partial charge < -0.3 is 20.1 Å². The minimum absolute atomic E-state index is 0.00582. The van der Waals surface area contributed by atoms with Crippen molar-refractivity contribution in [3.63, 3.8) is 0 Å². The number of carbonyl (C=O) groups excluding carboxylic acids is 3. The Labute approximate surface area is 168 Å². The van der Waals surface area contributed by atoms with Crippen LogP contribution in [0.1, 0.15) is 51.9 Å². The average Bonchev–Trinajstić information content (AvgIpc) is 3.19. The molecule has 1 aliphatic carbocycles. The number of allylic oxidation sites excluding steroid dienone is 1. The van der Waals surface area contributed by atoms with Crippen LogP contribution < -0.4 is 5.32 Å². The first-order valence-corrected chi connectivity index (χ1v) is 10.2. The third-order valence-corrected chi connectivity index (χ3v) is 5.88. The summed E-state index contributed by atoms with van der Waals surface area (Å²) in [4.78, 5) is 39.2. The Morgan fingerprint density at radius 1 is 1.38 bits per heavy atom. The lowest BCUT2D eigenvalue weighted by Crippen LogP contribution is -2.53. The van der Waals surface area contributed by atoms with E-state index in [2.05, 4.69) is 5.32 Å². The third kappa shape index (κ3) is 4.76. The quantitative estimate of drug-likeness (QED) is 0.528. The van der Waals surface area contributed by atoms with Gasteiger partial charge in [0.1, 0.15) is 11.6 Å². The van der Waals surface area contributed by atoms with Crippen LogP contribution in [0.5, 0.6) is 0 Å². The van der Waals surface area contributed by atoms with Crippen molar-refractivity contribution in [3.8, 4) is 0 Å². The zero-order valence-corrected chi connectivity index (χ0v) is 16.5. The van der Waals surface area contributed by atoms with Gasteiger partial charge in [0.25, 0.3) is 0 Å². The topological polar surface area (TPSA) is 95.9 Å². The van der Waals surface area contributed by atoms with E-state index < -0.39 is 47.8 Å². The van der Waals surface area contributed by atoms with Gasteiger partial charge >= 0.3 is 5.97 Å². The molecule has 3 rings (SSSR count). The van der Waals surface area contributed by atoms with E-state index in [4.69, 9.17) is 4.74 Å². The number of esters is 1. The molecule has 29 heavy (non-hydrogen) atoms. The summed E-state index contributed by atoms with van der Waals surface area (Å²) in [6, 6.07) is -0.931. The van der Waals surface area contributed by atoms with Crippen molar-refractivity contribution in [1.82, 2.24) is 10.2 Å². The summed E-state index contributed by atoms with van der Waals surface area (Å²) in [7, 11) is 0. The number of amides is 2. The molecule has 0 aromatic carbocycles. The number of alkyl halides is 2. The van der Waals surface area contributed by atoms with E-state index in [0.717, 1.165) is 0 Å². The largest absolute Gasteiger partial charge is 0.464 e. The van der Waals surface area contributed by atoms with E-state index in [-0.39, 0.29) is 51.2 Å². The molecule has 4 atom stereocenters. The molecule has 0 radical (unpaired) electrons. The third-order valence-electron chi connectivity index (χ3n) is 5.88. The van der Waals surface area contributed by atoms with Gasteiger partial charge in [-0.05, 0) is 26.2 Å². The van der Waals surface area contributed by atoms with Crippen molar-refractivity contribution in [2.75, 3.05) is 13.2 Å². The maximum Gasteiger partial charge on any atom is 0.332 e. The lowest BCUT2D eigenvalue weighted by molar-refractivity contribution is -0.150. The van der Waals surface area contributed by atoms with Crippen molar-refractivity contribution >= 4 is 17.8 Å². The van der Waals surface area contributed by atoms with Crippen molar-refractivity contribution in [1.29, 1.82) is 0 Å². The average molecular weight is 414 g/mol. The van der Waals surface area contributed by atoms with Crippen molar-refractivity contribution in [2.45, 2.75) is 75.5 Å². The highest BCUT2D eigenvalue weighted by Crippen LogP contribution is 2.46. The van der Waals surface area contributed by atoms with Crippen LogP contribution in [0.15, 0.2) is 12.2 Å². The molecule has 1 saturated carbocycles.